The van der Waals surface area contributed by atoms with Gasteiger partial charge in [-0.3, -0.25) is 4.79 Å². The van der Waals surface area contributed by atoms with Crippen molar-refractivity contribution in [2.45, 2.75) is 17.9 Å². The average Bonchev–Trinajstić information content (AvgIpc) is 2.18. The highest BCUT2D eigenvalue weighted by Crippen LogP contribution is 2.36. The fourth-order valence-electron chi connectivity index (χ4n) is 2.08. The van der Waals surface area contributed by atoms with Gasteiger partial charge in [0.2, 0.25) is 0 Å². The molecule has 4 nitrogen and oxygen atoms in total. The van der Waals surface area contributed by atoms with Gasteiger partial charge in [-0.2, -0.15) is 0 Å². The van der Waals surface area contributed by atoms with E-state index in [-0.39, 0.29) is 11.8 Å². The Morgan fingerprint density at radius 1 is 1.47 bits per heavy atom. The number of carboxylic acids is 1. The van der Waals surface area contributed by atoms with Gasteiger partial charge in [0, 0.05) is 10.5 Å². The second kappa shape index (κ2) is 4.76. The summed E-state index contributed by atoms with van der Waals surface area (Å²) in [6.07, 6.45) is -0.0422. The van der Waals surface area contributed by atoms with Gasteiger partial charge in [-0.1, -0.05) is 28.1 Å². The summed E-state index contributed by atoms with van der Waals surface area (Å²) in [6, 6.07) is 7.38. The fraction of sp³-hybridized carbons (Fsp3) is 0.417. The first-order valence-corrected chi connectivity index (χ1v) is 6.15. The Labute approximate surface area is 108 Å². The van der Waals surface area contributed by atoms with Crippen molar-refractivity contribution in [2.75, 3.05) is 13.2 Å². The van der Waals surface area contributed by atoms with Crippen LogP contribution >= 0.6 is 15.9 Å². The van der Waals surface area contributed by atoms with Crippen molar-refractivity contribution >= 4 is 21.9 Å². The van der Waals surface area contributed by atoms with E-state index in [1.807, 2.05) is 24.3 Å². The van der Waals surface area contributed by atoms with E-state index in [1.165, 1.54) is 0 Å². The standard InChI is InChI=1S/C12H14BrNO3/c13-9-3-1-8(2-4-9)12(6-17-7-12)10(14)5-11(15)16/h1-4,10H,5-7,14H2,(H,15,16). The SMILES string of the molecule is NC(CC(=O)O)C1(c2ccc(Br)cc2)COC1. The highest BCUT2D eigenvalue weighted by Gasteiger charge is 2.46. The largest absolute Gasteiger partial charge is 0.481 e. The molecule has 0 aromatic heterocycles. The monoisotopic (exact) mass is 299 g/mol. The molecule has 17 heavy (non-hydrogen) atoms. The quantitative estimate of drug-likeness (QED) is 0.884. The molecule has 0 radical (unpaired) electrons. The van der Waals surface area contributed by atoms with Crippen molar-refractivity contribution in [3.05, 3.63) is 34.3 Å². The molecule has 0 saturated carbocycles. The molecular formula is C12H14BrNO3. The maximum atomic E-state index is 10.8. The number of ether oxygens (including phenoxy) is 1. The van der Waals surface area contributed by atoms with Crippen molar-refractivity contribution in [3.63, 3.8) is 0 Å². The van der Waals surface area contributed by atoms with Gasteiger partial charge in [0.05, 0.1) is 25.0 Å². The molecule has 3 N–H and O–H groups in total. The number of benzene rings is 1. The third-order valence-corrected chi connectivity index (χ3v) is 3.77. The minimum atomic E-state index is -0.874. The smallest absolute Gasteiger partial charge is 0.304 e. The van der Waals surface area contributed by atoms with Gasteiger partial charge in [-0.25, -0.2) is 0 Å². The molecule has 0 bridgehead atoms. The van der Waals surface area contributed by atoms with Gasteiger partial charge in [0.15, 0.2) is 0 Å². The van der Waals surface area contributed by atoms with Crippen LogP contribution in [0.5, 0.6) is 0 Å². The number of hydrogen-bond acceptors (Lipinski definition) is 3. The number of hydrogen-bond donors (Lipinski definition) is 2. The zero-order valence-corrected chi connectivity index (χ0v) is 10.8. The lowest BCUT2D eigenvalue weighted by atomic mass is 9.72. The summed E-state index contributed by atoms with van der Waals surface area (Å²) in [7, 11) is 0. The lowest BCUT2D eigenvalue weighted by Gasteiger charge is -2.45. The third kappa shape index (κ3) is 2.36. The minimum Gasteiger partial charge on any atom is -0.481 e. The first-order chi connectivity index (χ1) is 8.04. The second-order valence-corrected chi connectivity index (χ2v) is 5.28. The van der Waals surface area contributed by atoms with Gasteiger partial charge < -0.3 is 15.6 Å². The van der Waals surface area contributed by atoms with Crippen molar-refractivity contribution < 1.29 is 14.6 Å². The fourth-order valence-corrected chi connectivity index (χ4v) is 2.35. The predicted molar refractivity (Wildman–Crippen MR) is 66.9 cm³/mol. The maximum absolute atomic E-state index is 10.8. The van der Waals surface area contributed by atoms with E-state index >= 15 is 0 Å². The lowest BCUT2D eigenvalue weighted by molar-refractivity contribution is -0.140. The van der Waals surface area contributed by atoms with Crippen LogP contribution in [-0.2, 0) is 14.9 Å². The summed E-state index contributed by atoms with van der Waals surface area (Å²) < 4.78 is 6.23. The molecule has 1 heterocycles. The van der Waals surface area contributed by atoms with Crippen LogP contribution in [0.1, 0.15) is 12.0 Å². The molecule has 0 aliphatic carbocycles. The zero-order chi connectivity index (χ0) is 12.5. The predicted octanol–water partition coefficient (Wildman–Crippen LogP) is 1.52. The highest BCUT2D eigenvalue weighted by atomic mass is 79.9. The van der Waals surface area contributed by atoms with Crippen molar-refractivity contribution in [1.82, 2.24) is 0 Å². The summed E-state index contributed by atoms with van der Waals surface area (Å²) in [5.41, 5.74) is 6.71. The van der Waals surface area contributed by atoms with Gasteiger partial charge in [-0.05, 0) is 17.7 Å². The van der Waals surface area contributed by atoms with Crippen LogP contribution in [0.15, 0.2) is 28.7 Å². The van der Waals surface area contributed by atoms with Crippen LogP contribution in [0.25, 0.3) is 0 Å². The van der Waals surface area contributed by atoms with E-state index in [4.69, 9.17) is 15.6 Å². The van der Waals surface area contributed by atoms with Crippen LogP contribution in [0.4, 0.5) is 0 Å². The molecule has 92 valence electrons. The minimum absolute atomic E-state index is 0.0422. The molecule has 1 saturated heterocycles. The zero-order valence-electron chi connectivity index (χ0n) is 9.23. The summed E-state index contributed by atoms with van der Waals surface area (Å²) in [5, 5.41) is 8.83. The van der Waals surface area contributed by atoms with Gasteiger partial charge in [0.1, 0.15) is 0 Å². The van der Waals surface area contributed by atoms with Gasteiger partial charge in [0.25, 0.3) is 0 Å². The summed E-state index contributed by atoms with van der Waals surface area (Å²) in [4.78, 5) is 10.8. The first-order valence-electron chi connectivity index (χ1n) is 5.36. The molecule has 0 spiro atoms. The molecular weight excluding hydrogens is 286 g/mol. The number of rotatable bonds is 4. The van der Waals surface area contributed by atoms with E-state index in [1.54, 1.807) is 0 Å². The number of carbonyl (C=O) groups is 1. The number of aliphatic carboxylic acids is 1. The Bertz CT molecular complexity index is 414. The highest BCUT2D eigenvalue weighted by molar-refractivity contribution is 9.10. The van der Waals surface area contributed by atoms with E-state index in [2.05, 4.69) is 15.9 Å². The van der Waals surface area contributed by atoms with E-state index in [0.717, 1.165) is 10.0 Å². The van der Waals surface area contributed by atoms with Gasteiger partial charge in [-0.15, -0.1) is 0 Å². The number of nitrogens with two attached hydrogens (primary N) is 1. The Balaban J connectivity index is 2.24. The van der Waals surface area contributed by atoms with E-state index in [0.29, 0.717) is 13.2 Å². The second-order valence-electron chi connectivity index (χ2n) is 4.36. The Kier molecular flexibility index (Phi) is 3.51. The van der Waals surface area contributed by atoms with E-state index < -0.39 is 12.0 Å². The topological polar surface area (TPSA) is 72.6 Å². The molecule has 1 aliphatic heterocycles. The number of halogens is 1. The first kappa shape index (κ1) is 12.5. The normalized spacial score (nSPS) is 19.4. The molecule has 1 aliphatic rings. The molecule has 2 rings (SSSR count). The van der Waals surface area contributed by atoms with Crippen LogP contribution in [0.3, 0.4) is 0 Å². The molecule has 1 aromatic rings. The molecule has 1 unspecified atom stereocenters. The summed E-state index contributed by atoms with van der Waals surface area (Å²) in [5.74, 6) is -0.874. The molecule has 1 aromatic carbocycles. The van der Waals surface area contributed by atoms with Gasteiger partial charge >= 0.3 is 5.97 Å². The summed E-state index contributed by atoms with van der Waals surface area (Å²) in [6.45, 7) is 0.978. The van der Waals surface area contributed by atoms with E-state index in [9.17, 15) is 4.79 Å². The maximum Gasteiger partial charge on any atom is 0.304 e. The van der Waals surface area contributed by atoms with Crippen LogP contribution in [0.2, 0.25) is 0 Å². The Hall–Kier alpha value is -0.910. The van der Waals surface area contributed by atoms with Crippen LogP contribution in [-0.4, -0.2) is 30.3 Å². The van der Waals surface area contributed by atoms with Crippen LogP contribution < -0.4 is 5.73 Å². The van der Waals surface area contributed by atoms with Crippen molar-refractivity contribution in [1.29, 1.82) is 0 Å². The lowest BCUT2D eigenvalue weighted by Crippen LogP contribution is -2.59. The van der Waals surface area contributed by atoms with Crippen molar-refractivity contribution in [2.24, 2.45) is 5.73 Å². The summed E-state index contributed by atoms with van der Waals surface area (Å²) >= 11 is 3.37. The Morgan fingerprint density at radius 3 is 2.47 bits per heavy atom. The Morgan fingerprint density at radius 2 is 2.06 bits per heavy atom. The molecule has 1 atom stereocenters. The molecule has 5 heteroatoms. The van der Waals surface area contributed by atoms with Crippen molar-refractivity contribution in [3.8, 4) is 0 Å². The average molecular weight is 300 g/mol. The van der Waals surface area contributed by atoms with Crippen LogP contribution in [0, 0.1) is 0 Å². The third-order valence-electron chi connectivity index (χ3n) is 3.24. The molecule has 1 fully saturated rings. The number of carboxylic acid groups (broad SMARTS) is 1. The molecule has 0 amide bonds.